The van der Waals surface area contributed by atoms with Crippen LogP contribution >= 0.6 is 0 Å². The van der Waals surface area contributed by atoms with Gasteiger partial charge in [0.25, 0.3) is 0 Å². The Hall–Kier alpha value is -1.87. The summed E-state index contributed by atoms with van der Waals surface area (Å²) < 4.78 is 19.5. The van der Waals surface area contributed by atoms with Crippen LogP contribution in [0.1, 0.15) is 18.5 Å². The summed E-state index contributed by atoms with van der Waals surface area (Å²) in [6, 6.07) is 14.2. The highest BCUT2D eigenvalue weighted by Crippen LogP contribution is 2.31. The molecule has 0 saturated carbocycles. The second-order valence-corrected chi connectivity index (χ2v) is 4.08. The van der Waals surface area contributed by atoms with Gasteiger partial charge in [-0.2, -0.15) is 0 Å². The SMILES string of the molecule is CNC(C)c1cccc(F)c1Oc1ccccc1. The molecular weight excluding hydrogens is 229 g/mol. The molecule has 0 bridgehead atoms. The molecule has 2 nitrogen and oxygen atoms in total. The summed E-state index contributed by atoms with van der Waals surface area (Å²) in [5.74, 6) is 0.566. The van der Waals surface area contributed by atoms with Crippen molar-refractivity contribution in [1.29, 1.82) is 0 Å². The number of ether oxygens (including phenoxy) is 1. The lowest BCUT2D eigenvalue weighted by molar-refractivity contribution is 0.428. The standard InChI is InChI=1S/C15H16FNO/c1-11(17-2)13-9-6-10-14(16)15(13)18-12-7-4-3-5-8-12/h3-11,17H,1-2H3. The van der Waals surface area contributed by atoms with Gasteiger partial charge < -0.3 is 10.1 Å². The largest absolute Gasteiger partial charge is 0.454 e. The van der Waals surface area contributed by atoms with E-state index < -0.39 is 0 Å². The van der Waals surface area contributed by atoms with E-state index in [0.29, 0.717) is 5.75 Å². The fraction of sp³-hybridized carbons (Fsp3) is 0.200. The van der Waals surface area contributed by atoms with Gasteiger partial charge in [-0.25, -0.2) is 4.39 Å². The lowest BCUT2D eigenvalue weighted by atomic mass is 10.1. The second kappa shape index (κ2) is 5.65. The summed E-state index contributed by atoms with van der Waals surface area (Å²) >= 11 is 0. The zero-order chi connectivity index (χ0) is 13.0. The van der Waals surface area contributed by atoms with E-state index in [0.717, 1.165) is 5.56 Å². The van der Waals surface area contributed by atoms with Crippen LogP contribution in [0.15, 0.2) is 48.5 Å². The molecule has 0 heterocycles. The molecule has 1 atom stereocenters. The van der Waals surface area contributed by atoms with Crippen molar-refractivity contribution in [3.05, 3.63) is 59.9 Å². The summed E-state index contributed by atoms with van der Waals surface area (Å²) in [5, 5.41) is 3.09. The van der Waals surface area contributed by atoms with E-state index in [9.17, 15) is 4.39 Å². The molecule has 0 radical (unpaired) electrons. The zero-order valence-electron chi connectivity index (χ0n) is 10.5. The fourth-order valence-electron chi connectivity index (χ4n) is 1.74. The smallest absolute Gasteiger partial charge is 0.167 e. The monoisotopic (exact) mass is 245 g/mol. The minimum Gasteiger partial charge on any atom is -0.454 e. The number of rotatable bonds is 4. The Morgan fingerprint density at radius 3 is 2.44 bits per heavy atom. The van der Waals surface area contributed by atoms with E-state index >= 15 is 0 Å². The van der Waals surface area contributed by atoms with Crippen LogP contribution in [0.25, 0.3) is 0 Å². The molecule has 94 valence electrons. The molecule has 0 amide bonds. The van der Waals surface area contributed by atoms with Gasteiger partial charge in [-0.1, -0.05) is 30.3 Å². The Labute approximate surface area is 106 Å². The van der Waals surface area contributed by atoms with E-state index in [1.54, 1.807) is 18.2 Å². The summed E-state index contributed by atoms with van der Waals surface area (Å²) in [6.45, 7) is 1.96. The molecule has 0 aromatic heterocycles. The molecule has 3 heteroatoms. The highest BCUT2D eigenvalue weighted by molar-refractivity contribution is 5.40. The molecule has 0 spiro atoms. The van der Waals surface area contributed by atoms with E-state index in [1.165, 1.54) is 6.07 Å². The molecule has 18 heavy (non-hydrogen) atoms. The van der Waals surface area contributed by atoms with Crippen molar-refractivity contribution in [2.75, 3.05) is 7.05 Å². The maximum absolute atomic E-state index is 13.9. The van der Waals surface area contributed by atoms with Crippen molar-refractivity contribution in [1.82, 2.24) is 5.32 Å². The van der Waals surface area contributed by atoms with Crippen molar-refractivity contribution in [3.8, 4) is 11.5 Å². The van der Waals surface area contributed by atoms with E-state index in [1.807, 2.05) is 38.2 Å². The first-order chi connectivity index (χ1) is 8.72. The maximum atomic E-state index is 13.9. The van der Waals surface area contributed by atoms with Crippen LogP contribution in [0.3, 0.4) is 0 Å². The van der Waals surface area contributed by atoms with Crippen LogP contribution in [0.2, 0.25) is 0 Å². The van der Waals surface area contributed by atoms with Gasteiger partial charge in [-0.3, -0.25) is 0 Å². The molecule has 1 N–H and O–H groups in total. The van der Waals surface area contributed by atoms with Gasteiger partial charge in [-0.15, -0.1) is 0 Å². The average molecular weight is 245 g/mol. The van der Waals surface area contributed by atoms with Crippen LogP contribution in [0.4, 0.5) is 4.39 Å². The molecule has 0 saturated heterocycles. The molecule has 1 unspecified atom stereocenters. The molecule has 0 fully saturated rings. The third-order valence-corrected chi connectivity index (χ3v) is 2.86. The zero-order valence-corrected chi connectivity index (χ0v) is 10.5. The Balaban J connectivity index is 2.37. The normalized spacial score (nSPS) is 12.2. The Kier molecular flexibility index (Phi) is 3.95. The maximum Gasteiger partial charge on any atom is 0.167 e. The first-order valence-corrected chi connectivity index (χ1v) is 5.91. The fourth-order valence-corrected chi connectivity index (χ4v) is 1.74. The third kappa shape index (κ3) is 2.68. The van der Waals surface area contributed by atoms with Gasteiger partial charge in [0, 0.05) is 11.6 Å². The highest BCUT2D eigenvalue weighted by atomic mass is 19.1. The molecule has 0 aliphatic carbocycles. The van der Waals surface area contributed by atoms with Crippen LogP contribution in [0, 0.1) is 5.82 Å². The number of hydrogen-bond acceptors (Lipinski definition) is 2. The number of halogens is 1. The van der Waals surface area contributed by atoms with E-state index in [4.69, 9.17) is 4.74 Å². The summed E-state index contributed by atoms with van der Waals surface area (Å²) in [6.07, 6.45) is 0. The van der Waals surface area contributed by atoms with Crippen LogP contribution in [0.5, 0.6) is 11.5 Å². The van der Waals surface area contributed by atoms with Gasteiger partial charge in [0.05, 0.1) is 0 Å². The van der Waals surface area contributed by atoms with Crippen LogP contribution in [-0.4, -0.2) is 7.05 Å². The van der Waals surface area contributed by atoms with Crippen molar-refractivity contribution >= 4 is 0 Å². The first-order valence-electron chi connectivity index (χ1n) is 5.91. The average Bonchev–Trinajstić information content (AvgIpc) is 2.41. The highest BCUT2D eigenvalue weighted by Gasteiger charge is 2.14. The van der Waals surface area contributed by atoms with Crippen molar-refractivity contribution in [3.63, 3.8) is 0 Å². The van der Waals surface area contributed by atoms with Crippen molar-refractivity contribution < 1.29 is 9.13 Å². The van der Waals surface area contributed by atoms with Gasteiger partial charge in [-0.05, 0) is 32.2 Å². The number of para-hydroxylation sites is 2. The van der Waals surface area contributed by atoms with Gasteiger partial charge in [0.1, 0.15) is 5.75 Å². The van der Waals surface area contributed by atoms with E-state index in [-0.39, 0.29) is 17.6 Å². The first kappa shape index (κ1) is 12.6. The Morgan fingerprint density at radius 1 is 1.06 bits per heavy atom. The van der Waals surface area contributed by atoms with Crippen molar-refractivity contribution in [2.45, 2.75) is 13.0 Å². The Bertz CT molecular complexity index is 513. The summed E-state index contributed by atoms with van der Waals surface area (Å²) in [5.41, 5.74) is 0.807. The lowest BCUT2D eigenvalue weighted by Crippen LogP contribution is -2.13. The predicted octanol–water partition coefficient (Wildman–Crippen LogP) is 3.90. The molecule has 2 aromatic rings. The minimum absolute atomic E-state index is 0.0272. The van der Waals surface area contributed by atoms with Gasteiger partial charge >= 0.3 is 0 Å². The summed E-state index contributed by atoms with van der Waals surface area (Å²) in [7, 11) is 1.84. The third-order valence-electron chi connectivity index (χ3n) is 2.86. The molecule has 0 aliphatic rings. The Morgan fingerprint density at radius 2 is 1.78 bits per heavy atom. The molecule has 2 aromatic carbocycles. The van der Waals surface area contributed by atoms with Gasteiger partial charge in [0.2, 0.25) is 0 Å². The van der Waals surface area contributed by atoms with Gasteiger partial charge in [0.15, 0.2) is 11.6 Å². The number of hydrogen-bond donors (Lipinski definition) is 1. The van der Waals surface area contributed by atoms with Crippen LogP contribution < -0.4 is 10.1 Å². The minimum atomic E-state index is -0.349. The topological polar surface area (TPSA) is 21.3 Å². The predicted molar refractivity (Wildman–Crippen MR) is 70.4 cm³/mol. The van der Waals surface area contributed by atoms with E-state index in [2.05, 4.69) is 5.32 Å². The lowest BCUT2D eigenvalue weighted by Gasteiger charge is -2.16. The quantitative estimate of drug-likeness (QED) is 0.882. The summed E-state index contributed by atoms with van der Waals surface area (Å²) in [4.78, 5) is 0. The number of benzene rings is 2. The van der Waals surface area contributed by atoms with Crippen LogP contribution in [-0.2, 0) is 0 Å². The second-order valence-electron chi connectivity index (χ2n) is 4.08. The number of nitrogens with one attached hydrogen (secondary N) is 1. The van der Waals surface area contributed by atoms with Crippen molar-refractivity contribution in [2.24, 2.45) is 0 Å². The molecule has 2 rings (SSSR count). The molecular formula is C15H16FNO. The molecule has 0 aliphatic heterocycles.